The number of benzene rings is 1. The number of aryl methyl sites for hydroxylation is 1. The van der Waals surface area contributed by atoms with Crippen LogP contribution in [0.2, 0.25) is 0 Å². The Hall–Kier alpha value is -0.940. The second-order valence-corrected chi connectivity index (χ2v) is 9.69. The van der Waals surface area contributed by atoms with Gasteiger partial charge in [0.15, 0.2) is 0 Å². The molecule has 1 aliphatic carbocycles. The number of rotatable bonds is 6. The first-order chi connectivity index (χ1) is 10.1. The van der Waals surface area contributed by atoms with Gasteiger partial charge in [-0.25, -0.2) is 17.5 Å². The standard InChI is InChI=1S/C17H25FNO2S/c1-12-11-14(18)8-9-15(12)16(10-7-13-5-6-13)19-22(20,21)17(2,3)4/h9,11,13,16,19H,5-7,10H2,1-4H3/t16-/m0/s1. The Morgan fingerprint density at radius 2 is 2.05 bits per heavy atom. The van der Waals surface area contributed by atoms with Gasteiger partial charge in [0, 0.05) is 12.1 Å². The van der Waals surface area contributed by atoms with Crippen molar-refractivity contribution in [2.75, 3.05) is 0 Å². The zero-order valence-corrected chi connectivity index (χ0v) is 14.6. The van der Waals surface area contributed by atoms with Crippen molar-refractivity contribution in [1.29, 1.82) is 0 Å². The zero-order chi connectivity index (χ0) is 16.5. The van der Waals surface area contributed by atoms with E-state index in [-0.39, 0.29) is 6.04 Å². The Balaban J connectivity index is 2.25. The van der Waals surface area contributed by atoms with Crippen LogP contribution in [0.25, 0.3) is 0 Å². The van der Waals surface area contributed by atoms with Gasteiger partial charge < -0.3 is 0 Å². The molecular formula is C17H25FNO2S. The van der Waals surface area contributed by atoms with Gasteiger partial charge in [-0.2, -0.15) is 0 Å². The van der Waals surface area contributed by atoms with E-state index in [1.54, 1.807) is 26.8 Å². The average molecular weight is 326 g/mol. The molecular weight excluding hydrogens is 301 g/mol. The van der Waals surface area contributed by atoms with Crippen LogP contribution in [0.5, 0.6) is 0 Å². The van der Waals surface area contributed by atoms with Crippen LogP contribution in [0.1, 0.15) is 63.6 Å². The molecule has 0 amide bonds. The lowest BCUT2D eigenvalue weighted by Crippen LogP contribution is -2.41. The zero-order valence-electron chi connectivity index (χ0n) is 13.7. The fourth-order valence-corrected chi connectivity index (χ4v) is 3.37. The molecule has 0 saturated heterocycles. The molecule has 1 aromatic carbocycles. The average Bonchev–Trinajstić information content (AvgIpc) is 3.17. The van der Waals surface area contributed by atoms with Crippen molar-refractivity contribution in [3.63, 3.8) is 0 Å². The molecule has 1 fully saturated rings. The molecule has 0 aromatic heterocycles. The summed E-state index contributed by atoms with van der Waals surface area (Å²) in [6, 6.07) is 5.21. The van der Waals surface area contributed by atoms with E-state index in [1.807, 2.05) is 6.92 Å². The maximum Gasteiger partial charge on any atom is 0.217 e. The number of nitrogens with one attached hydrogen (secondary N) is 1. The van der Waals surface area contributed by atoms with Crippen molar-refractivity contribution in [1.82, 2.24) is 4.72 Å². The number of halogens is 1. The maximum atomic E-state index is 13.3. The van der Waals surface area contributed by atoms with Gasteiger partial charge in [-0.05, 0) is 69.7 Å². The van der Waals surface area contributed by atoms with E-state index in [0.717, 1.165) is 24.0 Å². The van der Waals surface area contributed by atoms with E-state index < -0.39 is 20.6 Å². The highest BCUT2D eigenvalue weighted by atomic mass is 32.2. The first-order valence-electron chi connectivity index (χ1n) is 7.80. The molecule has 1 saturated carbocycles. The molecule has 0 bridgehead atoms. The van der Waals surface area contributed by atoms with Crippen molar-refractivity contribution in [3.8, 4) is 0 Å². The molecule has 1 aromatic rings. The molecule has 1 N–H and O–H groups in total. The van der Waals surface area contributed by atoms with Crippen LogP contribution < -0.4 is 4.72 Å². The normalized spacial score (nSPS) is 17.5. The van der Waals surface area contributed by atoms with Crippen molar-refractivity contribution in [2.24, 2.45) is 5.92 Å². The minimum atomic E-state index is -3.46. The third kappa shape index (κ3) is 4.29. The highest BCUT2D eigenvalue weighted by molar-refractivity contribution is 7.90. The largest absolute Gasteiger partial charge is 0.217 e. The lowest BCUT2D eigenvalue weighted by Gasteiger charge is -2.26. The van der Waals surface area contributed by atoms with Crippen LogP contribution in [0, 0.1) is 24.7 Å². The van der Waals surface area contributed by atoms with Gasteiger partial charge in [-0.15, -0.1) is 0 Å². The molecule has 22 heavy (non-hydrogen) atoms. The van der Waals surface area contributed by atoms with Crippen LogP contribution in [-0.2, 0) is 10.0 Å². The third-order valence-corrected chi connectivity index (χ3v) is 6.41. The van der Waals surface area contributed by atoms with Crippen molar-refractivity contribution >= 4 is 10.0 Å². The van der Waals surface area contributed by atoms with E-state index in [4.69, 9.17) is 0 Å². The summed E-state index contributed by atoms with van der Waals surface area (Å²) in [4.78, 5) is 0. The molecule has 1 aliphatic rings. The Morgan fingerprint density at radius 3 is 2.55 bits per heavy atom. The van der Waals surface area contributed by atoms with Crippen LogP contribution in [0.15, 0.2) is 12.1 Å². The topological polar surface area (TPSA) is 46.2 Å². The van der Waals surface area contributed by atoms with Crippen LogP contribution >= 0.6 is 0 Å². The van der Waals surface area contributed by atoms with Crippen LogP contribution in [-0.4, -0.2) is 13.2 Å². The molecule has 0 heterocycles. The van der Waals surface area contributed by atoms with E-state index in [2.05, 4.69) is 10.8 Å². The first-order valence-corrected chi connectivity index (χ1v) is 9.28. The molecule has 1 radical (unpaired) electrons. The lowest BCUT2D eigenvalue weighted by atomic mass is 9.97. The van der Waals surface area contributed by atoms with Gasteiger partial charge in [0.05, 0.1) is 4.75 Å². The minimum Gasteiger partial charge on any atom is -0.212 e. The summed E-state index contributed by atoms with van der Waals surface area (Å²) in [5.41, 5.74) is 1.57. The highest BCUT2D eigenvalue weighted by Crippen LogP contribution is 2.37. The van der Waals surface area contributed by atoms with Crippen LogP contribution in [0.3, 0.4) is 0 Å². The molecule has 0 unspecified atom stereocenters. The predicted molar refractivity (Wildman–Crippen MR) is 86.5 cm³/mol. The molecule has 0 aliphatic heterocycles. The van der Waals surface area contributed by atoms with Gasteiger partial charge in [0.2, 0.25) is 10.0 Å². The Labute approximate surface area is 133 Å². The summed E-state index contributed by atoms with van der Waals surface area (Å²) in [5, 5.41) is 0. The minimum absolute atomic E-state index is 0.318. The van der Waals surface area contributed by atoms with Gasteiger partial charge in [-0.1, -0.05) is 12.8 Å². The Kier molecular flexibility index (Phi) is 4.97. The molecule has 1 atom stereocenters. The van der Waals surface area contributed by atoms with E-state index in [0.29, 0.717) is 5.92 Å². The fraction of sp³-hybridized carbons (Fsp3) is 0.647. The summed E-state index contributed by atoms with van der Waals surface area (Å²) in [6.45, 7) is 6.84. The predicted octanol–water partition coefficient (Wildman–Crippen LogP) is 3.88. The summed E-state index contributed by atoms with van der Waals surface area (Å²) in [7, 11) is -3.46. The molecule has 0 spiro atoms. The van der Waals surface area contributed by atoms with E-state index in [1.165, 1.54) is 18.9 Å². The molecule has 3 nitrogen and oxygen atoms in total. The third-order valence-electron chi connectivity index (χ3n) is 4.20. The smallest absolute Gasteiger partial charge is 0.212 e. The lowest BCUT2D eigenvalue weighted by molar-refractivity contribution is 0.493. The molecule has 123 valence electrons. The SMILES string of the molecule is Cc1cc(F)[c]cc1[C@H](CCC1CC1)NS(=O)(=O)C(C)(C)C. The fourth-order valence-electron chi connectivity index (χ4n) is 2.40. The number of hydrogen-bond acceptors (Lipinski definition) is 2. The maximum absolute atomic E-state index is 13.3. The monoisotopic (exact) mass is 326 g/mol. The van der Waals surface area contributed by atoms with Gasteiger partial charge >= 0.3 is 0 Å². The van der Waals surface area contributed by atoms with Crippen molar-refractivity contribution in [2.45, 2.75) is 64.2 Å². The highest BCUT2D eigenvalue weighted by Gasteiger charge is 2.33. The summed E-state index contributed by atoms with van der Waals surface area (Å²) < 4.78 is 40.2. The van der Waals surface area contributed by atoms with Gasteiger partial charge in [-0.3, -0.25) is 0 Å². The van der Waals surface area contributed by atoms with Crippen molar-refractivity contribution in [3.05, 3.63) is 35.1 Å². The van der Waals surface area contributed by atoms with Gasteiger partial charge in [0.1, 0.15) is 5.82 Å². The van der Waals surface area contributed by atoms with E-state index >= 15 is 0 Å². The van der Waals surface area contributed by atoms with Crippen molar-refractivity contribution < 1.29 is 12.8 Å². The Bertz CT molecular complexity index is 631. The van der Waals surface area contributed by atoms with E-state index in [9.17, 15) is 12.8 Å². The molecule has 2 rings (SSSR count). The second kappa shape index (κ2) is 6.28. The Morgan fingerprint density at radius 1 is 1.41 bits per heavy atom. The van der Waals surface area contributed by atoms with Gasteiger partial charge in [0.25, 0.3) is 0 Å². The first kappa shape index (κ1) is 17.4. The summed E-state index contributed by atoms with van der Waals surface area (Å²) >= 11 is 0. The summed E-state index contributed by atoms with van der Waals surface area (Å²) in [6.07, 6.45) is 4.19. The number of sulfonamides is 1. The second-order valence-electron chi connectivity index (χ2n) is 7.23. The summed E-state index contributed by atoms with van der Waals surface area (Å²) in [5.74, 6) is 0.298. The quantitative estimate of drug-likeness (QED) is 0.862. The van der Waals surface area contributed by atoms with Crippen LogP contribution in [0.4, 0.5) is 4.39 Å². The molecule has 5 heteroatoms. The number of hydrogen-bond donors (Lipinski definition) is 1.